The van der Waals surface area contributed by atoms with Crippen molar-refractivity contribution in [2.45, 2.75) is 26.1 Å². The zero-order chi connectivity index (χ0) is 17.0. The summed E-state index contributed by atoms with van der Waals surface area (Å²) in [5.41, 5.74) is 1.37. The summed E-state index contributed by atoms with van der Waals surface area (Å²) in [4.78, 5) is 12.3. The minimum absolute atomic E-state index is 0.262. The molecule has 1 amide bonds. The van der Waals surface area contributed by atoms with Gasteiger partial charge in [-0.1, -0.05) is 28.1 Å². The van der Waals surface area contributed by atoms with Crippen molar-refractivity contribution in [3.8, 4) is 5.75 Å². The summed E-state index contributed by atoms with van der Waals surface area (Å²) in [6.45, 7) is 3.36. The Bertz CT molecular complexity index is 704. The summed E-state index contributed by atoms with van der Waals surface area (Å²) >= 11 is 6.77. The molecule has 0 aliphatic rings. The molecule has 0 fully saturated rings. The second kappa shape index (κ2) is 7.95. The Morgan fingerprint density at radius 3 is 2.57 bits per heavy atom. The summed E-state index contributed by atoms with van der Waals surface area (Å²) in [5.74, 6) is 0.330. The maximum Gasteiger partial charge on any atom is 0.265 e. The van der Waals surface area contributed by atoms with Crippen LogP contribution in [0.15, 0.2) is 51.4 Å². The van der Waals surface area contributed by atoms with E-state index in [0.717, 1.165) is 14.5 Å². The van der Waals surface area contributed by atoms with Gasteiger partial charge in [-0.3, -0.25) is 4.79 Å². The molecule has 0 bridgehead atoms. The monoisotopic (exact) mass is 441 g/mol. The van der Waals surface area contributed by atoms with Crippen LogP contribution in [0.2, 0.25) is 0 Å². The fourth-order valence-corrected chi connectivity index (χ4v) is 3.08. The summed E-state index contributed by atoms with van der Waals surface area (Å²) in [6.07, 6.45) is -1.25. The van der Waals surface area contributed by atoms with E-state index in [1.165, 1.54) is 0 Å². The number of carbonyl (C=O) groups is 1. The lowest BCUT2D eigenvalue weighted by molar-refractivity contribution is -0.122. The van der Waals surface area contributed by atoms with E-state index in [1.807, 2.05) is 12.1 Å². The Balaban J connectivity index is 2.04. The van der Waals surface area contributed by atoms with Gasteiger partial charge in [0, 0.05) is 10.2 Å². The Kier molecular flexibility index (Phi) is 6.21. The van der Waals surface area contributed by atoms with Crippen molar-refractivity contribution in [2.24, 2.45) is 0 Å². The highest BCUT2D eigenvalue weighted by atomic mass is 79.9. The average Bonchev–Trinajstić information content (AvgIpc) is 2.50. The van der Waals surface area contributed by atoms with Gasteiger partial charge < -0.3 is 15.2 Å². The third kappa shape index (κ3) is 5.06. The average molecular weight is 443 g/mol. The van der Waals surface area contributed by atoms with Crippen LogP contribution in [0.5, 0.6) is 5.75 Å². The molecule has 0 saturated heterocycles. The molecule has 2 atom stereocenters. The van der Waals surface area contributed by atoms with Crippen molar-refractivity contribution < 1.29 is 14.6 Å². The van der Waals surface area contributed by atoms with Crippen LogP contribution in [-0.4, -0.2) is 17.1 Å². The summed E-state index contributed by atoms with van der Waals surface area (Å²) in [5, 5.41) is 12.4. The molecule has 0 aliphatic heterocycles. The van der Waals surface area contributed by atoms with Crippen LogP contribution < -0.4 is 10.1 Å². The summed E-state index contributed by atoms with van der Waals surface area (Å²) in [7, 11) is 0. The fraction of sp³-hybridized carbons (Fsp3) is 0.235. The van der Waals surface area contributed by atoms with Crippen molar-refractivity contribution in [3.63, 3.8) is 0 Å². The lowest BCUT2D eigenvalue weighted by Gasteiger charge is -2.16. The molecule has 2 N–H and O–H groups in total. The standard InChI is InChI=1S/C17H17Br2NO3/c1-10(21)12-4-3-5-14(8-12)20-17(22)11(2)23-16-7-6-13(18)9-15(16)19/h3-11,21H,1-2H3,(H,20,22)/t10-,11-/m0/s1. The number of halogens is 2. The predicted octanol–water partition coefficient (Wildman–Crippen LogP) is 4.67. The highest BCUT2D eigenvalue weighted by Gasteiger charge is 2.16. The van der Waals surface area contributed by atoms with Crippen LogP contribution in [0, 0.1) is 0 Å². The Morgan fingerprint density at radius 1 is 1.17 bits per heavy atom. The first-order valence-corrected chi connectivity index (χ1v) is 8.66. The minimum Gasteiger partial charge on any atom is -0.480 e. The number of hydrogen-bond donors (Lipinski definition) is 2. The van der Waals surface area contributed by atoms with Gasteiger partial charge in [-0.25, -0.2) is 0 Å². The molecule has 122 valence electrons. The number of rotatable bonds is 5. The molecule has 2 aromatic carbocycles. The van der Waals surface area contributed by atoms with Crippen molar-refractivity contribution in [1.82, 2.24) is 0 Å². The Hall–Kier alpha value is -1.37. The SMILES string of the molecule is C[C@H](Oc1ccc(Br)cc1Br)C(=O)Nc1cccc([C@H](C)O)c1. The first-order valence-electron chi connectivity index (χ1n) is 7.07. The van der Waals surface area contributed by atoms with Gasteiger partial charge in [0.2, 0.25) is 0 Å². The van der Waals surface area contributed by atoms with Crippen LogP contribution in [0.3, 0.4) is 0 Å². The van der Waals surface area contributed by atoms with Gasteiger partial charge >= 0.3 is 0 Å². The molecule has 0 saturated carbocycles. The highest BCUT2D eigenvalue weighted by Crippen LogP contribution is 2.29. The molecular weight excluding hydrogens is 426 g/mol. The van der Waals surface area contributed by atoms with Crippen LogP contribution in [-0.2, 0) is 4.79 Å². The van der Waals surface area contributed by atoms with E-state index in [9.17, 15) is 9.90 Å². The van der Waals surface area contributed by atoms with E-state index in [2.05, 4.69) is 37.2 Å². The van der Waals surface area contributed by atoms with E-state index in [4.69, 9.17) is 4.74 Å². The summed E-state index contributed by atoms with van der Waals surface area (Å²) in [6, 6.07) is 12.6. The van der Waals surface area contributed by atoms with Crippen molar-refractivity contribution >= 4 is 43.5 Å². The molecule has 0 spiro atoms. The van der Waals surface area contributed by atoms with E-state index >= 15 is 0 Å². The second-order valence-electron chi connectivity index (χ2n) is 5.13. The highest BCUT2D eigenvalue weighted by molar-refractivity contribution is 9.11. The molecule has 23 heavy (non-hydrogen) atoms. The van der Waals surface area contributed by atoms with E-state index in [0.29, 0.717) is 11.4 Å². The fourth-order valence-electron chi connectivity index (χ4n) is 1.93. The number of nitrogens with one attached hydrogen (secondary N) is 1. The number of anilines is 1. The van der Waals surface area contributed by atoms with Gasteiger partial charge in [0.05, 0.1) is 10.6 Å². The van der Waals surface area contributed by atoms with E-state index < -0.39 is 12.2 Å². The largest absolute Gasteiger partial charge is 0.480 e. The Morgan fingerprint density at radius 2 is 1.91 bits per heavy atom. The van der Waals surface area contributed by atoms with Crippen LogP contribution in [0.25, 0.3) is 0 Å². The molecule has 2 aromatic rings. The Labute approximate surface area is 152 Å². The van der Waals surface area contributed by atoms with Gasteiger partial charge in [-0.05, 0) is 65.7 Å². The van der Waals surface area contributed by atoms with Gasteiger partial charge in [0.1, 0.15) is 5.75 Å². The molecule has 0 aliphatic carbocycles. The van der Waals surface area contributed by atoms with Gasteiger partial charge in [-0.2, -0.15) is 0 Å². The molecule has 0 aromatic heterocycles. The minimum atomic E-state index is -0.664. The van der Waals surface area contributed by atoms with Crippen molar-refractivity contribution in [3.05, 3.63) is 57.0 Å². The van der Waals surface area contributed by atoms with Gasteiger partial charge in [0.25, 0.3) is 5.91 Å². The lowest BCUT2D eigenvalue weighted by Crippen LogP contribution is -2.30. The van der Waals surface area contributed by atoms with E-state index in [-0.39, 0.29) is 5.91 Å². The van der Waals surface area contributed by atoms with Crippen LogP contribution >= 0.6 is 31.9 Å². The zero-order valence-corrected chi connectivity index (χ0v) is 15.9. The predicted molar refractivity (Wildman–Crippen MR) is 97.6 cm³/mol. The van der Waals surface area contributed by atoms with Crippen LogP contribution in [0.4, 0.5) is 5.69 Å². The first kappa shape index (κ1) is 18.0. The maximum absolute atomic E-state index is 12.3. The topological polar surface area (TPSA) is 58.6 Å². The summed E-state index contributed by atoms with van der Waals surface area (Å²) < 4.78 is 7.37. The number of amides is 1. The molecule has 4 nitrogen and oxygen atoms in total. The number of ether oxygens (including phenoxy) is 1. The molecule has 2 rings (SSSR count). The van der Waals surface area contributed by atoms with Gasteiger partial charge in [0.15, 0.2) is 6.10 Å². The number of hydrogen-bond acceptors (Lipinski definition) is 3. The number of aliphatic hydroxyl groups is 1. The zero-order valence-electron chi connectivity index (χ0n) is 12.7. The van der Waals surface area contributed by atoms with Crippen molar-refractivity contribution in [1.29, 1.82) is 0 Å². The van der Waals surface area contributed by atoms with Crippen molar-refractivity contribution in [2.75, 3.05) is 5.32 Å². The molecule has 0 radical (unpaired) electrons. The first-order chi connectivity index (χ1) is 10.9. The maximum atomic E-state index is 12.3. The number of benzene rings is 2. The second-order valence-corrected chi connectivity index (χ2v) is 6.90. The molecular formula is C17H17Br2NO3. The lowest BCUT2D eigenvalue weighted by atomic mass is 10.1. The van der Waals surface area contributed by atoms with Crippen LogP contribution in [0.1, 0.15) is 25.5 Å². The molecule has 0 unspecified atom stereocenters. The number of carbonyl (C=O) groups excluding carboxylic acids is 1. The smallest absolute Gasteiger partial charge is 0.265 e. The molecule has 0 heterocycles. The normalized spacial score (nSPS) is 13.3. The third-order valence-corrected chi connectivity index (χ3v) is 4.32. The van der Waals surface area contributed by atoms with Gasteiger partial charge in [-0.15, -0.1) is 0 Å². The third-order valence-electron chi connectivity index (χ3n) is 3.20. The number of aliphatic hydroxyl groups excluding tert-OH is 1. The molecule has 6 heteroatoms. The quantitative estimate of drug-likeness (QED) is 0.707. The van der Waals surface area contributed by atoms with E-state index in [1.54, 1.807) is 44.2 Å².